The Morgan fingerprint density at radius 3 is 2.77 bits per heavy atom. The van der Waals surface area contributed by atoms with Crippen LogP contribution in [0.5, 0.6) is 11.5 Å². The first-order chi connectivity index (χ1) is 12.6. The molecule has 1 amide bonds. The standard InChI is InChI=1S/C19H22BrN3O3/c1-2-26-18-12-14(5-10-17(18)24)13-22-23-19(25)4-3-11-21-16-8-6-15(20)7-9-16/h5-10,12-13,21,24H,2-4,11H2,1H3,(H,23,25)/b22-13+. The highest BCUT2D eigenvalue weighted by atomic mass is 79.9. The van der Waals surface area contributed by atoms with Gasteiger partial charge in [-0.15, -0.1) is 0 Å². The number of ether oxygens (including phenoxy) is 1. The monoisotopic (exact) mass is 419 g/mol. The van der Waals surface area contributed by atoms with Crippen LogP contribution in [0, 0.1) is 0 Å². The SMILES string of the molecule is CCOc1cc(/C=N/NC(=O)CCCNc2ccc(Br)cc2)ccc1O. The zero-order valence-corrected chi connectivity index (χ0v) is 16.1. The van der Waals surface area contributed by atoms with Crippen LogP contribution in [0.1, 0.15) is 25.3 Å². The van der Waals surface area contributed by atoms with Crippen molar-refractivity contribution in [2.75, 3.05) is 18.5 Å². The van der Waals surface area contributed by atoms with E-state index in [0.717, 1.165) is 15.7 Å². The molecule has 0 saturated carbocycles. The Hall–Kier alpha value is -2.54. The number of nitrogens with zero attached hydrogens (tertiary/aromatic N) is 1. The zero-order valence-electron chi connectivity index (χ0n) is 14.5. The van der Waals surface area contributed by atoms with E-state index < -0.39 is 0 Å². The number of phenolic OH excluding ortho intramolecular Hbond substituents is 1. The topological polar surface area (TPSA) is 83.0 Å². The molecule has 0 atom stereocenters. The summed E-state index contributed by atoms with van der Waals surface area (Å²) in [6.45, 7) is 3.00. The van der Waals surface area contributed by atoms with Gasteiger partial charge in [-0.2, -0.15) is 5.10 Å². The molecule has 26 heavy (non-hydrogen) atoms. The van der Waals surface area contributed by atoms with Gasteiger partial charge >= 0.3 is 0 Å². The Morgan fingerprint density at radius 1 is 1.27 bits per heavy atom. The summed E-state index contributed by atoms with van der Waals surface area (Å²) < 4.78 is 6.33. The third-order valence-electron chi connectivity index (χ3n) is 3.44. The molecule has 0 bridgehead atoms. The fraction of sp³-hybridized carbons (Fsp3) is 0.263. The van der Waals surface area contributed by atoms with Crippen LogP contribution in [0.2, 0.25) is 0 Å². The summed E-state index contributed by atoms with van der Waals surface area (Å²) in [5, 5.41) is 16.8. The van der Waals surface area contributed by atoms with Gasteiger partial charge < -0.3 is 15.2 Å². The Labute approximate surface area is 161 Å². The van der Waals surface area contributed by atoms with Gasteiger partial charge in [-0.3, -0.25) is 4.79 Å². The lowest BCUT2D eigenvalue weighted by Crippen LogP contribution is -2.18. The number of hydrogen-bond acceptors (Lipinski definition) is 5. The summed E-state index contributed by atoms with van der Waals surface area (Å²) in [6, 6.07) is 12.8. The second-order valence-electron chi connectivity index (χ2n) is 5.49. The smallest absolute Gasteiger partial charge is 0.240 e. The van der Waals surface area contributed by atoms with Crippen LogP contribution in [0.3, 0.4) is 0 Å². The van der Waals surface area contributed by atoms with Crippen molar-refractivity contribution in [1.82, 2.24) is 5.43 Å². The minimum atomic E-state index is -0.150. The van der Waals surface area contributed by atoms with Gasteiger partial charge in [0.15, 0.2) is 11.5 Å². The van der Waals surface area contributed by atoms with E-state index in [2.05, 4.69) is 31.8 Å². The van der Waals surface area contributed by atoms with Gasteiger partial charge in [0.25, 0.3) is 0 Å². The zero-order chi connectivity index (χ0) is 18.8. The van der Waals surface area contributed by atoms with Crippen molar-refractivity contribution in [3.63, 3.8) is 0 Å². The number of carbonyl (C=O) groups is 1. The van der Waals surface area contributed by atoms with Gasteiger partial charge in [-0.1, -0.05) is 15.9 Å². The molecule has 7 heteroatoms. The first-order valence-electron chi connectivity index (χ1n) is 8.35. The van der Waals surface area contributed by atoms with E-state index in [1.54, 1.807) is 12.1 Å². The molecule has 6 nitrogen and oxygen atoms in total. The fourth-order valence-electron chi connectivity index (χ4n) is 2.17. The molecule has 0 saturated heterocycles. The molecule has 3 N–H and O–H groups in total. The number of aromatic hydroxyl groups is 1. The van der Waals surface area contributed by atoms with Crippen LogP contribution in [-0.2, 0) is 4.79 Å². The molecule has 0 heterocycles. The van der Waals surface area contributed by atoms with Crippen molar-refractivity contribution in [3.8, 4) is 11.5 Å². The predicted octanol–water partition coefficient (Wildman–Crippen LogP) is 3.90. The molecule has 0 aliphatic rings. The lowest BCUT2D eigenvalue weighted by atomic mass is 10.2. The van der Waals surface area contributed by atoms with E-state index in [1.165, 1.54) is 12.3 Å². The number of halogens is 1. The number of anilines is 1. The summed E-state index contributed by atoms with van der Waals surface area (Å²) in [4.78, 5) is 11.8. The molecule has 0 aliphatic carbocycles. The third kappa shape index (κ3) is 6.76. The number of benzene rings is 2. The van der Waals surface area contributed by atoms with E-state index >= 15 is 0 Å². The van der Waals surface area contributed by atoms with Gasteiger partial charge in [0.05, 0.1) is 12.8 Å². The summed E-state index contributed by atoms with van der Waals surface area (Å²) in [5.41, 5.74) is 4.24. The Balaban J connectivity index is 1.70. The summed E-state index contributed by atoms with van der Waals surface area (Å²) >= 11 is 3.39. The molecule has 0 spiro atoms. The number of carbonyl (C=O) groups excluding carboxylic acids is 1. The first-order valence-corrected chi connectivity index (χ1v) is 9.15. The summed E-state index contributed by atoms with van der Waals surface area (Å²) in [6.07, 6.45) is 2.59. The number of amides is 1. The third-order valence-corrected chi connectivity index (χ3v) is 3.97. The highest BCUT2D eigenvalue weighted by molar-refractivity contribution is 9.10. The minimum Gasteiger partial charge on any atom is -0.504 e. The second kappa shape index (κ2) is 10.5. The predicted molar refractivity (Wildman–Crippen MR) is 107 cm³/mol. The van der Waals surface area contributed by atoms with Gasteiger partial charge in [0, 0.05) is 23.1 Å². The average molecular weight is 420 g/mol. The molecule has 0 aliphatic heterocycles. The highest BCUT2D eigenvalue weighted by Gasteiger charge is 2.03. The lowest BCUT2D eigenvalue weighted by molar-refractivity contribution is -0.121. The number of hydrogen-bond donors (Lipinski definition) is 3. The van der Waals surface area contributed by atoms with Crippen LogP contribution in [0.25, 0.3) is 0 Å². The van der Waals surface area contributed by atoms with Crippen LogP contribution in [-0.4, -0.2) is 30.4 Å². The van der Waals surface area contributed by atoms with E-state index in [4.69, 9.17) is 4.74 Å². The maximum absolute atomic E-state index is 11.8. The fourth-order valence-corrected chi connectivity index (χ4v) is 2.43. The number of hydrazone groups is 1. The maximum atomic E-state index is 11.8. The average Bonchev–Trinajstić information content (AvgIpc) is 2.63. The highest BCUT2D eigenvalue weighted by Crippen LogP contribution is 2.26. The van der Waals surface area contributed by atoms with Crippen molar-refractivity contribution in [3.05, 3.63) is 52.5 Å². The van der Waals surface area contributed by atoms with E-state index in [9.17, 15) is 9.90 Å². The largest absolute Gasteiger partial charge is 0.504 e. The van der Waals surface area contributed by atoms with Crippen LogP contribution >= 0.6 is 15.9 Å². The van der Waals surface area contributed by atoms with E-state index in [-0.39, 0.29) is 11.7 Å². The van der Waals surface area contributed by atoms with Gasteiger partial charge in [-0.05, 0) is 61.4 Å². The maximum Gasteiger partial charge on any atom is 0.240 e. The van der Waals surface area contributed by atoms with Crippen molar-refractivity contribution in [2.45, 2.75) is 19.8 Å². The summed E-state index contributed by atoms with van der Waals surface area (Å²) in [7, 11) is 0. The Bertz CT molecular complexity index is 748. The normalized spacial score (nSPS) is 10.7. The Kier molecular flexibility index (Phi) is 7.95. The summed E-state index contributed by atoms with van der Waals surface area (Å²) in [5.74, 6) is 0.316. The number of phenols is 1. The van der Waals surface area contributed by atoms with Crippen molar-refractivity contribution >= 4 is 33.7 Å². The minimum absolute atomic E-state index is 0.0753. The van der Waals surface area contributed by atoms with Gasteiger partial charge in [0.1, 0.15) is 0 Å². The molecule has 0 aromatic heterocycles. The van der Waals surface area contributed by atoms with E-state index in [0.29, 0.717) is 31.7 Å². The molecule has 2 aromatic carbocycles. The van der Waals surface area contributed by atoms with Gasteiger partial charge in [0.2, 0.25) is 5.91 Å². The van der Waals surface area contributed by atoms with Crippen molar-refractivity contribution < 1.29 is 14.6 Å². The quantitative estimate of drug-likeness (QED) is 0.327. The second-order valence-corrected chi connectivity index (χ2v) is 6.41. The van der Waals surface area contributed by atoms with Crippen molar-refractivity contribution in [2.24, 2.45) is 5.10 Å². The van der Waals surface area contributed by atoms with Crippen LogP contribution < -0.4 is 15.5 Å². The molecule has 138 valence electrons. The number of nitrogens with one attached hydrogen (secondary N) is 2. The first kappa shape index (κ1) is 19.8. The molecule has 0 unspecified atom stereocenters. The van der Waals surface area contributed by atoms with Crippen LogP contribution in [0.15, 0.2) is 52.0 Å². The Morgan fingerprint density at radius 2 is 2.04 bits per heavy atom. The molecule has 0 fully saturated rings. The molecule has 0 radical (unpaired) electrons. The lowest BCUT2D eigenvalue weighted by Gasteiger charge is -2.06. The molecular weight excluding hydrogens is 398 g/mol. The van der Waals surface area contributed by atoms with Gasteiger partial charge in [-0.25, -0.2) is 5.43 Å². The van der Waals surface area contributed by atoms with Crippen molar-refractivity contribution in [1.29, 1.82) is 0 Å². The molecule has 2 rings (SSSR count). The molecule has 2 aromatic rings. The van der Waals surface area contributed by atoms with E-state index in [1.807, 2.05) is 31.2 Å². The number of rotatable bonds is 9. The van der Waals surface area contributed by atoms with Crippen LogP contribution in [0.4, 0.5) is 5.69 Å². The molecular formula is C19H22BrN3O3.